The number of hydrogen-bond acceptors (Lipinski definition) is 3. The Morgan fingerprint density at radius 2 is 2.14 bits per heavy atom. The molecule has 21 heavy (non-hydrogen) atoms. The molecule has 1 aliphatic rings. The van der Waals surface area contributed by atoms with Gasteiger partial charge in [-0.05, 0) is 43.9 Å². The molecule has 1 atom stereocenters. The molecule has 0 bridgehead atoms. The van der Waals surface area contributed by atoms with Crippen LogP contribution in [0.1, 0.15) is 30.1 Å². The van der Waals surface area contributed by atoms with E-state index in [2.05, 4.69) is 11.8 Å². The van der Waals surface area contributed by atoms with Crippen molar-refractivity contribution in [1.82, 2.24) is 4.90 Å². The second-order valence-corrected chi connectivity index (χ2v) is 6.43. The highest BCUT2D eigenvalue weighted by Gasteiger charge is 2.32. The average Bonchev–Trinajstić information content (AvgIpc) is 3.26. The van der Waals surface area contributed by atoms with Gasteiger partial charge in [0, 0.05) is 30.3 Å². The summed E-state index contributed by atoms with van der Waals surface area (Å²) in [6, 6.07) is 5.41. The van der Waals surface area contributed by atoms with Gasteiger partial charge in [-0.15, -0.1) is 0 Å². The number of hydrogen-bond donors (Lipinski definition) is 0. The normalized spacial score (nSPS) is 16.2. The van der Waals surface area contributed by atoms with E-state index in [1.165, 1.54) is 12.8 Å². The third-order valence-corrected chi connectivity index (χ3v) is 4.59. The molecule has 1 aromatic carbocycles. The van der Waals surface area contributed by atoms with E-state index in [0.29, 0.717) is 40.7 Å². The summed E-state index contributed by atoms with van der Waals surface area (Å²) in [4.78, 5) is 14.7. The number of carbonyl (C=O) groups is 1. The first kappa shape index (κ1) is 16.8. The van der Waals surface area contributed by atoms with E-state index in [0.717, 1.165) is 6.54 Å². The maximum atomic E-state index is 12.5. The summed E-state index contributed by atoms with van der Waals surface area (Å²) in [5.74, 6) is 0.732. The third-order valence-electron chi connectivity index (χ3n) is 4.04. The summed E-state index contributed by atoms with van der Waals surface area (Å²) in [7, 11) is 1.68. The second-order valence-electron chi connectivity index (χ2n) is 5.59. The topological polar surface area (TPSA) is 29.5 Å². The number of nitrogens with zero attached hydrogens (tertiary/aromatic N) is 1. The van der Waals surface area contributed by atoms with Crippen LogP contribution in [0.2, 0.25) is 10.0 Å². The molecule has 0 radical (unpaired) electrons. The standard InChI is InChI=1S/C16H21Cl2NO2/c1-11(12-3-4-12)19(7-8-21-2)10-16(20)14-6-5-13(17)9-15(14)18/h5-6,9,11-12H,3-4,7-8,10H2,1-2H3. The molecular weight excluding hydrogens is 309 g/mol. The van der Waals surface area contributed by atoms with E-state index in [1.54, 1.807) is 25.3 Å². The fourth-order valence-electron chi connectivity index (χ4n) is 2.50. The van der Waals surface area contributed by atoms with Gasteiger partial charge in [-0.3, -0.25) is 9.69 Å². The highest BCUT2D eigenvalue weighted by Crippen LogP contribution is 2.35. The van der Waals surface area contributed by atoms with Crippen molar-refractivity contribution in [1.29, 1.82) is 0 Å². The zero-order valence-corrected chi connectivity index (χ0v) is 14.0. The minimum absolute atomic E-state index is 0.0280. The molecule has 1 fully saturated rings. The zero-order chi connectivity index (χ0) is 15.4. The summed E-state index contributed by atoms with van der Waals surface area (Å²) >= 11 is 12.0. The summed E-state index contributed by atoms with van der Waals surface area (Å²) < 4.78 is 5.15. The Balaban J connectivity index is 2.05. The van der Waals surface area contributed by atoms with Crippen LogP contribution in [0.25, 0.3) is 0 Å². The molecule has 5 heteroatoms. The van der Waals surface area contributed by atoms with E-state index in [-0.39, 0.29) is 5.78 Å². The summed E-state index contributed by atoms with van der Waals surface area (Å²) in [5, 5.41) is 0.956. The van der Waals surface area contributed by atoms with Gasteiger partial charge >= 0.3 is 0 Å². The van der Waals surface area contributed by atoms with Crippen LogP contribution in [0.3, 0.4) is 0 Å². The largest absolute Gasteiger partial charge is 0.383 e. The summed E-state index contributed by atoms with van der Waals surface area (Å²) in [6.45, 7) is 3.93. The molecule has 1 unspecified atom stereocenters. The lowest BCUT2D eigenvalue weighted by Crippen LogP contribution is -2.40. The van der Waals surface area contributed by atoms with Gasteiger partial charge in [-0.2, -0.15) is 0 Å². The number of ketones is 1. The number of carbonyl (C=O) groups excluding carboxylic acids is 1. The van der Waals surface area contributed by atoms with Gasteiger partial charge in [-0.1, -0.05) is 23.2 Å². The number of Topliss-reactive ketones (excluding diaryl/α,β-unsaturated/α-hetero) is 1. The van der Waals surface area contributed by atoms with Crippen molar-refractivity contribution in [3.8, 4) is 0 Å². The molecule has 0 N–H and O–H groups in total. The van der Waals surface area contributed by atoms with Crippen molar-refractivity contribution >= 4 is 29.0 Å². The Bertz CT molecular complexity index is 503. The highest BCUT2D eigenvalue weighted by atomic mass is 35.5. The molecule has 0 heterocycles. The van der Waals surface area contributed by atoms with E-state index >= 15 is 0 Å². The van der Waals surface area contributed by atoms with Gasteiger partial charge in [0.2, 0.25) is 0 Å². The van der Waals surface area contributed by atoms with E-state index in [9.17, 15) is 4.79 Å². The van der Waals surface area contributed by atoms with Gasteiger partial charge in [0.15, 0.2) is 5.78 Å². The molecule has 0 amide bonds. The van der Waals surface area contributed by atoms with Crippen LogP contribution in [-0.2, 0) is 4.74 Å². The Morgan fingerprint density at radius 3 is 2.71 bits per heavy atom. The fourth-order valence-corrected chi connectivity index (χ4v) is 3.01. The Labute approximate surface area is 136 Å². The van der Waals surface area contributed by atoms with Gasteiger partial charge < -0.3 is 4.74 Å². The number of ether oxygens (including phenoxy) is 1. The summed E-state index contributed by atoms with van der Waals surface area (Å²) in [5.41, 5.74) is 0.534. The first-order chi connectivity index (χ1) is 10.0. The van der Waals surface area contributed by atoms with E-state index in [1.807, 2.05) is 0 Å². The third kappa shape index (κ3) is 4.68. The maximum Gasteiger partial charge on any atom is 0.178 e. The first-order valence-electron chi connectivity index (χ1n) is 7.24. The minimum atomic E-state index is 0.0280. The molecular formula is C16H21Cl2NO2. The molecule has 0 aliphatic heterocycles. The first-order valence-corrected chi connectivity index (χ1v) is 7.99. The van der Waals surface area contributed by atoms with Gasteiger partial charge in [-0.25, -0.2) is 0 Å². The van der Waals surface area contributed by atoms with E-state index in [4.69, 9.17) is 27.9 Å². The van der Waals surface area contributed by atoms with Crippen LogP contribution in [0.15, 0.2) is 18.2 Å². The number of benzene rings is 1. The lowest BCUT2D eigenvalue weighted by molar-refractivity contribution is 0.0816. The quantitative estimate of drug-likeness (QED) is 0.677. The molecule has 1 aliphatic carbocycles. The Hall–Kier alpha value is -0.610. The minimum Gasteiger partial charge on any atom is -0.383 e. The van der Waals surface area contributed by atoms with Crippen LogP contribution in [0.4, 0.5) is 0 Å². The summed E-state index contributed by atoms with van der Waals surface area (Å²) in [6.07, 6.45) is 2.50. The predicted octanol–water partition coefficient (Wildman–Crippen LogP) is 3.92. The van der Waals surface area contributed by atoms with Crippen LogP contribution >= 0.6 is 23.2 Å². The van der Waals surface area contributed by atoms with Crippen molar-refractivity contribution in [3.63, 3.8) is 0 Å². The highest BCUT2D eigenvalue weighted by molar-refractivity contribution is 6.36. The van der Waals surface area contributed by atoms with Crippen LogP contribution in [-0.4, -0.2) is 43.5 Å². The molecule has 2 rings (SSSR count). The number of halogens is 2. The van der Waals surface area contributed by atoms with Crippen LogP contribution in [0.5, 0.6) is 0 Å². The lowest BCUT2D eigenvalue weighted by Gasteiger charge is -2.28. The van der Waals surface area contributed by atoms with Gasteiger partial charge in [0.1, 0.15) is 0 Å². The SMILES string of the molecule is COCCN(CC(=O)c1ccc(Cl)cc1Cl)C(C)C1CC1. The monoisotopic (exact) mass is 329 g/mol. The lowest BCUT2D eigenvalue weighted by atomic mass is 10.1. The molecule has 0 saturated heterocycles. The second kappa shape index (κ2) is 7.59. The van der Waals surface area contributed by atoms with Crippen molar-refractivity contribution in [2.24, 2.45) is 5.92 Å². The molecule has 1 aromatic rings. The Kier molecular flexibility index (Phi) is 6.06. The van der Waals surface area contributed by atoms with Crippen molar-refractivity contribution < 1.29 is 9.53 Å². The molecule has 1 saturated carbocycles. The average molecular weight is 330 g/mol. The number of methoxy groups -OCH3 is 1. The maximum absolute atomic E-state index is 12.5. The molecule has 116 valence electrons. The van der Waals surface area contributed by atoms with Crippen LogP contribution < -0.4 is 0 Å². The molecule has 0 aromatic heterocycles. The van der Waals surface area contributed by atoms with Crippen LogP contribution in [0, 0.1) is 5.92 Å². The number of rotatable bonds is 8. The van der Waals surface area contributed by atoms with Gasteiger partial charge in [0.25, 0.3) is 0 Å². The van der Waals surface area contributed by atoms with Crippen molar-refractivity contribution in [2.45, 2.75) is 25.8 Å². The predicted molar refractivity (Wildman–Crippen MR) is 86.4 cm³/mol. The smallest absolute Gasteiger partial charge is 0.178 e. The van der Waals surface area contributed by atoms with Gasteiger partial charge in [0.05, 0.1) is 18.2 Å². The van der Waals surface area contributed by atoms with Crippen molar-refractivity contribution in [2.75, 3.05) is 26.8 Å². The molecule has 3 nitrogen and oxygen atoms in total. The molecule has 0 spiro atoms. The zero-order valence-electron chi connectivity index (χ0n) is 12.4. The van der Waals surface area contributed by atoms with E-state index < -0.39 is 0 Å². The fraction of sp³-hybridized carbons (Fsp3) is 0.562. The Morgan fingerprint density at radius 1 is 1.43 bits per heavy atom. The van der Waals surface area contributed by atoms with Crippen molar-refractivity contribution in [3.05, 3.63) is 33.8 Å².